The van der Waals surface area contributed by atoms with Crippen molar-refractivity contribution in [3.05, 3.63) is 65.2 Å². The Balaban J connectivity index is 1.43. The topological polar surface area (TPSA) is 36.7 Å². The van der Waals surface area contributed by atoms with Crippen molar-refractivity contribution in [2.45, 2.75) is 77.7 Å². The lowest BCUT2D eigenvalue weighted by Gasteiger charge is -2.38. The van der Waals surface area contributed by atoms with E-state index in [1.54, 1.807) is 12.1 Å². The Bertz CT molecular complexity index is 1200. The van der Waals surface area contributed by atoms with Crippen LogP contribution in [0.15, 0.2) is 36.9 Å². The van der Waals surface area contributed by atoms with Gasteiger partial charge in [-0.3, -0.25) is 0 Å². The number of unbranched alkanes of at least 4 members (excludes halogenated alkanes) is 3. The van der Waals surface area contributed by atoms with Gasteiger partial charge in [0.2, 0.25) is 0 Å². The maximum Gasteiger partial charge on any atom is 0.157 e. The molecule has 1 aromatic carbocycles. The summed E-state index contributed by atoms with van der Waals surface area (Å²) in [7, 11) is 0. The van der Waals surface area contributed by atoms with Gasteiger partial charge in [-0.1, -0.05) is 38.8 Å². The predicted octanol–water partition coefficient (Wildman–Crippen LogP) is 6.71. The summed E-state index contributed by atoms with van der Waals surface area (Å²) in [5.41, 5.74) is 6.10. The molecule has 0 aliphatic carbocycles. The molecular weight excluding hydrogens is 437 g/mol. The molecule has 4 heterocycles. The van der Waals surface area contributed by atoms with E-state index in [1.807, 2.05) is 10.6 Å². The summed E-state index contributed by atoms with van der Waals surface area (Å²) in [6.07, 6.45) is 10.3. The van der Waals surface area contributed by atoms with E-state index in [-0.39, 0.29) is 11.9 Å². The SMILES string of the molecule is C=C(c1cc(F)ccc1CCCCCC)N1CCCCC1c1cc2nc(N3CCC3)cc(C)n2n1. The summed E-state index contributed by atoms with van der Waals surface area (Å²) >= 11 is 0. The van der Waals surface area contributed by atoms with Gasteiger partial charge in [0.05, 0.1) is 11.7 Å². The number of likely N-dealkylation sites (tertiary alicyclic amines) is 1. The summed E-state index contributed by atoms with van der Waals surface area (Å²) in [4.78, 5) is 9.59. The maximum atomic E-state index is 14.4. The fourth-order valence-corrected chi connectivity index (χ4v) is 5.49. The van der Waals surface area contributed by atoms with Crippen molar-refractivity contribution in [2.75, 3.05) is 24.5 Å². The van der Waals surface area contributed by atoms with Crippen LogP contribution >= 0.6 is 0 Å². The van der Waals surface area contributed by atoms with Crippen molar-refractivity contribution in [3.63, 3.8) is 0 Å². The molecule has 6 heteroatoms. The Hall–Kier alpha value is -2.89. The van der Waals surface area contributed by atoms with Gasteiger partial charge in [0.25, 0.3) is 0 Å². The van der Waals surface area contributed by atoms with Crippen molar-refractivity contribution in [3.8, 4) is 0 Å². The molecule has 1 atom stereocenters. The Morgan fingerprint density at radius 3 is 2.69 bits per heavy atom. The molecule has 3 aromatic rings. The van der Waals surface area contributed by atoms with E-state index in [0.29, 0.717) is 0 Å². The second-order valence-corrected chi connectivity index (χ2v) is 10.2. The molecule has 5 nitrogen and oxygen atoms in total. The van der Waals surface area contributed by atoms with Crippen molar-refractivity contribution in [2.24, 2.45) is 0 Å². The first-order chi connectivity index (χ1) is 17.0. The number of hydrogen-bond donors (Lipinski definition) is 0. The van der Waals surface area contributed by atoms with Gasteiger partial charge in [0.15, 0.2) is 5.65 Å². The predicted molar refractivity (Wildman–Crippen MR) is 141 cm³/mol. The van der Waals surface area contributed by atoms with Gasteiger partial charge in [-0.2, -0.15) is 5.10 Å². The molecule has 0 bridgehead atoms. The van der Waals surface area contributed by atoms with Crippen LogP contribution in [0.3, 0.4) is 0 Å². The smallest absolute Gasteiger partial charge is 0.157 e. The average molecular weight is 476 g/mol. The summed E-state index contributed by atoms with van der Waals surface area (Å²) in [5.74, 6) is 0.850. The Labute approximate surface area is 208 Å². The lowest BCUT2D eigenvalue weighted by atomic mass is 9.94. The van der Waals surface area contributed by atoms with E-state index >= 15 is 0 Å². The zero-order valence-electron chi connectivity index (χ0n) is 21.3. The van der Waals surface area contributed by atoms with E-state index < -0.39 is 0 Å². The quantitative estimate of drug-likeness (QED) is 0.322. The van der Waals surface area contributed by atoms with Gasteiger partial charge < -0.3 is 9.80 Å². The molecule has 2 fully saturated rings. The van der Waals surface area contributed by atoms with Gasteiger partial charge in [-0.05, 0) is 63.1 Å². The number of rotatable bonds is 9. The van der Waals surface area contributed by atoms with Crippen molar-refractivity contribution >= 4 is 17.2 Å². The maximum absolute atomic E-state index is 14.4. The van der Waals surface area contributed by atoms with Crippen LogP contribution in [-0.2, 0) is 6.42 Å². The normalized spacial score (nSPS) is 18.2. The standard InChI is InChI=1S/C29H38FN5/c1-4-5-6-7-11-23-13-14-24(30)19-25(23)22(3)34-17-9-8-12-27(34)26-20-29-31-28(33-15-10-16-33)18-21(2)35(29)32-26/h13-14,18-20,27H,3-12,15-17H2,1-2H3. The number of aromatic nitrogens is 3. The Morgan fingerprint density at radius 2 is 1.91 bits per heavy atom. The first-order valence-electron chi connectivity index (χ1n) is 13.4. The minimum absolute atomic E-state index is 0.126. The molecule has 0 saturated carbocycles. The molecule has 0 N–H and O–H groups in total. The third-order valence-electron chi connectivity index (χ3n) is 7.66. The second-order valence-electron chi connectivity index (χ2n) is 10.2. The monoisotopic (exact) mass is 475 g/mol. The van der Waals surface area contributed by atoms with Crippen LogP contribution in [0.2, 0.25) is 0 Å². The van der Waals surface area contributed by atoms with E-state index in [2.05, 4.69) is 42.4 Å². The number of fused-ring (bicyclic) bond motifs is 1. The zero-order chi connectivity index (χ0) is 24.4. The Kier molecular flexibility index (Phi) is 7.07. The highest BCUT2D eigenvalue weighted by atomic mass is 19.1. The molecular formula is C29H38FN5. The fourth-order valence-electron chi connectivity index (χ4n) is 5.49. The summed E-state index contributed by atoms with van der Waals surface area (Å²) in [5, 5.41) is 5.00. The molecule has 0 radical (unpaired) electrons. The fraction of sp³-hybridized carbons (Fsp3) is 0.517. The molecule has 1 unspecified atom stereocenters. The second kappa shape index (κ2) is 10.4. The van der Waals surface area contributed by atoms with Crippen LogP contribution < -0.4 is 4.90 Å². The van der Waals surface area contributed by atoms with E-state index in [1.165, 1.54) is 31.2 Å². The van der Waals surface area contributed by atoms with Crippen LogP contribution in [0, 0.1) is 12.7 Å². The van der Waals surface area contributed by atoms with Gasteiger partial charge in [-0.15, -0.1) is 0 Å². The molecule has 0 amide bonds. The largest absolute Gasteiger partial charge is 0.363 e. The summed E-state index contributed by atoms with van der Waals surface area (Å²) < 4.78 is 16.3. The van der Waals surface area contributed by atoms with Gasteiger partial charge in [0.1, 0.15) is 11.6 Å². The van der Waals surface area contributed by atoms with E-state index in [9.17, 15) is 4.39 Å². The van der Waals surface area contributed by atoms with Crippen LogP contribution in [0.5, 0.6) is 0 Å². The first-order valence-corrected chi connectivity index (χ1v) is 13.4. The number of aryl methyl sites for hydroxylation is 2. The highest BCUT2D eigenvalue weighted by Gasteiger charge is 2.29. The highest BCUT2D eigenvalue weighted by Crippen LogP contribution is 2.37. The minimum Gasteiger partial charge on any atom is -0.363 e. The number of piperidine rings is 1. The number of hydrogen-bond acceptors (Lipinski definition) is 4. The average Bonchev–Trinajstić information content (AvgIpc) is 3.26. The molecule has 0 spiro atoms. The number of anilines is 1. The van der Waals surface area contributed by atoms with Crippen molar-refractivity contribution in [1.82, 2.24) is 19.5 Å². The van der Waals surface area contributed by atoms with Crippen LogP contribution in [-0.4, -0.2) is 39.1 Å². The lowest BCUT2D eigenvalue weighted by molar-refractivity contribution is 0.226. The molecule has 186 valence electrons. The summed E-state index contributed by atoms with van der Waals surface area (Å²) in [6.45, 7) is 11.9. The van der Waals surface area contributed by atoms with E-state index in [0.717, 1.165) is 85.9 Å². The number of benzene rings is 1. The van der Waals surface area contributed by atoms with Crippen LogP contribution in [0.25, 0.3) is 11.3 Å². The molecule has 5 rings (SSSR count). The third kappa shape index (κ3) is 4.93. The Morgan fingerprint density at radius 1 is 1.06 bits per heavy atom. The van der Waals surface area contributed by atoms with Crippen LogP contribution in [0.4, 0.5) is 10.2 Å². The lowest BCUT2D eigenvalue weighted by Crippen LogP contribution is -2.37. The molecule has 35 heavy (non-hydrogen) atoms. The first kappa shape index (κ1) is 23.8. The number of halogens is 1. The van der Waals surface area contributed by atoms with Crippen molar-refractivity contribution < 1.29 is 4.39 Å². The molecule has 2 aliphatic heterocycles. The molecule has 2 aliphatic rings. The minimum atomic E-state index is -0.196. The highest BCUT2D eigenvalue weighted by molar-refractivity contribution is 5.66. The van der Waals surface area contributed by atoms with E-state index in [4.69, 9.17) is 10.1 Å². The molecule has 2 saturated heterocycles. The number of nitrogens with zero attached hydrogens (tertiary/aromatic N) is 5. The third-order valence-corrected chi connectivity index (χ3v) is 7.66. The zero-order valence-corrected chi connectivity index (χ0v) is 21.3. The van der Waals surface area contributed by atoms with Crippen LogP contribution in [0.1, 0.15) is 86.8 Å². The summed E-state index contributed by atoms with van der Waals surface area (Å²) in [6, 6.07) is 9.63. The van der Waals surface area contributed by atoms with Gasteiger partial charge >= 0.3 is 0 Å². The van der Waals surface area contributed by atoms with Crippen molar-refractivity contribution in [1.29, 1.82) is 0 Å². The molecule has 2 aromatic heterocycles. The van der Waals surface area contributed by atoms with Gasteiger partial charge in [-0.25, -0.2) is 13.9 Å². The van der Waals surface area contributed by atoms with Gasteiger partial charge in [0, 0.05) is 48.7 Å².